The van der Waals surface area contributed by atoms with Gasteiger partial charge in [0.25, 0.3) is 5.91 Å². The van der Waals surface area contributed by atoms with Crippen LogP contribution < -0.4 is 21.5 Å². The van der Waals surface area contributed by atoms with Gasteiger partial charge in [-0.25, -0.2) is 4.99 Å². The smallest absolute Gasteiger partial charge is 0.253 e. The Labute approximate surface area is 181 Å². The highest BCUT2D eigenvalue weighted by atomic mass is 35.5. The van der Waals surface area contributed by atoms with Gasteiger partial charge in [0, 0.05) is 5.70 Å². The fraction of sp³-hybridized carbons (Fsp3) is 0.105. The number of para-hydroxylation sites is 2. The Balaban J connectivity index is 1.94. The molecule has 150 valence electrons. The molecule has 0 saturated carbocycles. The molecule has 0 fully saturated rings. The molecule has 1 aliphatic rings. The third-order valence-electron chi connectivity index (χ3n) is 4.02. The van der Waals surface area contributed by atoms with Gasteiger partial charge in [-0.15, -0.1) is 0 Å². The lowest BCUT2D eigenvalue weighted by atomic mass is 10.1. The molecule has 0 saturated heterocycles. The zero-order chi connectivity index (χ0) is 21.1. The van der Waals surface area contributed by atoms with Crippen molar-refractivity contribution in [2.75, 3.05) is 12.4 Å². The normalized spacial score (nSPS) is 17.5. The Morgan fingerprint density at radius 1 is 1.17 bits per heavy atom. The van der Waals surface area contributed by atoms with E-state index in [1.54, 1.807) is 42.5 Å². The molecule has 0 radical (unpaired) electrons. The Morgan fingerprint density at radius 3 is 2.59 bits per heavy atom. The van der Waals surface area contributed by atoms with Crippen LogP contribution in [0, 0.1) is 0 Å². The number of nitrogens with one attached hydrogen (secondary N) is 1. The summed E-state index contributed by atoms with van der Waals surface area (Å²) >= 11 is 13.1. The molecule has 2 amide bonds. The molecule has 0 aliphatic carbocycles. The fourth-order valence-electron chi connectivity index (χ4n) is 2.64. The Hall–Kier alpha value is -2.68. The first-order chi connectivity index (χ1) is 13.8. The van der Waals surface area contributed by atoms with E-state index in [9.17, 15) is 9.59 Å². The maximum Gasteiger partial charge on any atom is 0.253 e. The molecule has 7 nitrogen and oxygen atoms in total. The monoisotopic (exact) mass is 450 g/mol. The number of methoxy groups -OCH3 is 1. The Kier molecular flexibility index (Phi) is 6.36. The lowest BCUT2D eigenvalue weighted by molar-refractivity contribution is -0.115. The predicted octanol–water partition coefficient (Wildman–Crippen LogP) is 3.48. The number of carbonyl (C=O) groups is 2. The summed E-state index contributed by atoms with van der Waals surface area (Å²) in [5.41, 5.74) is 12.4. The number of halogens is 2. The molecule has 0 unspecified atom stereocenters. The quantitative estimate of drug-likeness (QED) is 0.643. The van der Waals surface area contributed by atoms with E-state index < -0.39 is 17.1 Å². The van der Waals surface area contributed by atoms with Gasteiger partial charge in [-0.2, -0.15) is 0 Å². The molecule has 3 rings (SSSR count). The average Bonchev–Trinajstić information content (AvgIpc) is 3.02. The molecule has 0 bridgehead atoms. The van der Waals surface area contributed by atoms with Crippen molar-refractivity contribution in [3.63, 3.8) is 0 Å². The van der Waals surface area contributed by atoms with Crippen LogP contribution in [0.5, 0.6) is 5.75 Å². The molecular formula is C19H16Cl2N4O3S. The first kappa shape index (κ1) is 21.0. The van der Waals surface area contributed by atoms with E-state index in [2.05, 4.69) is 10.3 Å². The van der Waals surface area contributed by atoms with Gasteiger partial charge in [0.2, 0.25) is 5.91 Å². The summed E-state index contributed by atoms with van der Waals surface area (Å²) in [7, 11) is 1.50. The number of amides is 2. The first-order valence-electron chi connectivity index (χ1n) is 8.26. The molecule has 1 heterocycles. The number of hydrogen-bond donors (Lipinski definition) is 3. The number of nitrogens with two attached hydrogens (primary N) is 2. The third kappa shape index (κ3) is 4.34. The SMILES string of the molecule is COc1ccccc1N=C1S[C@H](C(=O)Nc2cccc(Cl)c2Cl)C(N)=C1C(N)=O. The van der Waals surface area contributed by atoms with E-state index in [1.807, 2.05) is 0 Å². The summed E-state index contributed by atoms with van der Waals surface area (Å²) in [4.78, 5) is 29.2. The second-order valence-electron chi connectivity index (χ2n) is 5.87. The maximum absolute atomic E-state index is 12.8. The number of anilines is 1. The van der Waals surface area contributed by atoms with E-state index in [0.717, 1.165) is 11.8 Å². The number of rotatable bonds is 5. The highest BCUT2D eigenvalue weighted by Crippen LogP contribution is 2.38. The summed E-state index contributed by atoms with van der Waals surface area (Å²) in [6, 6.07) is 11.8. The van der Waals surface area contributed by atoms with Crippen LogP contribution in [0.4, 0.5) is 11.4 Å². The summed E-state index contributed by atoms with van der Waals surface area (Å²) in [5.74, 6) is -0.762. The van der Waals surface area contributed by atoms with Crippen LogP contribution in [0.15, 0.2) is 58.7 Å². The van der Waals surface area contributed by atoms with E-state index in [-0.39, 0.29) is 21.3 Å². The highest BCUT2D eigenvalue weighted by Gasteiger charge is 2.38. The fourth-order valence-corrected chi connectivity index (χ4v) is 4.11. The lowest BCUT2D eigenvalue weighted by Gasteiger charge is -2.13. The molecule has 2 aromatic rings. The zero-order valence-corrected chi connectivity index (χ0v) is 17.4. The minimum Gasteiger partial charge on any atom is -0.494 e. The number of hydrogen-bond acceptors (Lipinski definition) is 6. The lowest BCUT2D eigenvalue weighted by Crippen LogP contribution is -2.29. The maximum atomic E-state index is 12.8. The van der Waals surface area contributed by atoms with Crippen LogP contribution in [-0.4, -0.2) is 29.2 Å². The number of primary amides is 1. The highest BCUT2D eigenvalue weighted by molar-refractivity contribution is 8.16. The zero-order valence-electron chi connectivity index (χ0n) is 15.1. The van der Waals surface area contributed by atoms with Crippen molar-refractivity contribution < 1.29 is 14.3 Å². The van der Waals surface area contributed by atoms with Crippen LogP contribution in [0.3, 0.4) is 0 Å². The van der Waals surface area contributed by atoms with Gasteiger partial charge in [0.15, 0.2) is 0 Å². The van der Waals surface area contributed by atoms with Crippen LogP contribution in [0.1, 0.15) is 0 Å². The van der Waals surface area contributed by atoms with Gasteiger partial charge < -0.3 is 21.5 Å². The minimum atomic E-state index is -0.916. The summed E-state index contributed by atoms with van der Waals surface area (Å²) in [6.45, 7) is 0. The number of aliphatic imine (C=N–C) groups is 1. The molecule has 10 heteroatoms. The van der Waals surface area contributed by atoms with E-state index in [0.29, 0.717) is 22.1 Å². The largest absolute Gasteiger partial charge is 0.494 e. The van der Waals surface area contributed by atoms with Crippen LogP contribution in [0.25, 0.3) is 0 Å². The van der Waals surface area contributed by atoms with Crippen molar-refractivity contribution in [3.8, 4) is 5.75 Å². The second kappa shape index (κ2) is 8.77. The van der Waals surface area contributed by atoms with Gasteiger partial charge in [-0.3, -0.25) is 9.59 Å². The van der Waals surface area contributed by atoms with Crippen molar-refractivity contribution in [3.05, 3.63) is 63.8 Å². The molecule has 1 atom stereocenters. The van der Waals surface area contributed by atoms with Gasteiger partial charge in [0.05, 0.1) is 28.4 Å². The van der Waals surface area contributed by atoms with Gasteiger partial charge >= 0.3 is 0 Å². The van der Waals surface area contributed by atoms with E-state index in [4.69, 9.17) is 39.4 Å². The molecule has 2 aromatic carbocycles. The molecule has 0 aromatic heterocycles. The van der Waals surface area contributed by atoms with E-state index >= 15 is 0 Å². The van der Waals surface area contributed by atoms with Gasteiger partial charge in [0.1, 0.15) is 21.7 Å². The van der Waals surface area contributed by atoms with Crippen LogP contribution in [-0.2, 0) is 9.59 Å². The number of benzene rings is 2. The number of carbonyl (C=O) groups excluding carboxylic acids is 2. The topological polar surface area (TPSA) is 120 Å². The van der Waals surface area contributed by atoms with Gasteiger partial charge in [-0.05, 0) is 24.3 Å². The average molecular weight is 451 g/mol. The number of nitrogens with zero attached hydrogens (tertiary/aromatic N) is 1. The second-order valence-corrected chi connectivity index (χ2v) is 7.75. The Morgan fingerprint density at radius 2 is 1.90 bits per heavy atom. The van der Waals surface area contributed by atoms with Crippen molar-refractivity contribution in [2.45, 2.75) is 5.25 Å². The van der Waals surface area contributed by atoms with Crippen LogP contribution in [0.2, 0.25) is 10.0 Å². The molecule has 0 spiro atoms. The summed E-state index contributed by atoms with van der Waals surface area (Å²) < 4.78 is 5.27. The van der Waals surface area contributed by atoms with Crippen molar-refractivity contribution in [1.29, 1.82) is 0 Å². The number of ether oxygens (including phenoxy) is 1. The summed E-state index contributed by atoms with van der Waals surface area (Å²) in [5, 5.41) is 2.48. The molecule has 29 heavy (non-hydrogen) atoms. The minimum absolute atomic E-state index is 0.00162. The van der Waals surface area contributed by atoms with Gasteiger partial charge in [-0.1, -0.05) is 53.2 Å². The Bertz CT molecular complexity index is 1060. The third-order valence-corrected chi connectivity index (χ3v) is 6.06. The standard InChI is InChI=1S/C19H16Cl2N4O3S/c1-28-12-8-3-2-6-10(12)25-19-13(17(23)26)15(22)16(29-19)18(27)24-11-7-4-5-9(20)14(11)21/h2-8,16H,22H2,1H3,(H2,23,26)(H,24,27)/t16-/m0/s1. The van der Waals surface area contributed by atoms with Crippen LogP contribution >= 0.6 is 35.0 Å². The predicted molar refractivity (Wildman–Crippen MR) is 117 cm³/mol. The van der Waals surface area contributed by atoms with Crippen molar-refractivity contribution in [2.24, 2.45) is 16.5 Å². The first-order valence-corrected chi connectivity index (χ1v) is 9.90. The van der Waals surface area contributed by atoms with E-state index in [1.165, 1.54) is 7.11 Å². The summed E-state index contributed by atoms with van der Waals surface area (Å²) in [6.07, 6.45) is 0. The molecule has 5 N–H and O–H groups in total. The number of thioether (sulfide) groups is 1. The van der Waals surface area contributed by atoms with Crippen molar-refractivity contribution in [1.82, 2.24) is 0 Å². The van der Waals surface area contributed by atoms with Crippen molar-refractivity contribution >= 4 is 63.2 Å². The molecular weight excluding hydrogens is 435 g/mol. The molecule has 1 aliphatic heterocycles.